The second kappa shape index (κ2) is 10.6. The van der Waals surface area contributed by atoms with Crippen molar-refractivity contribution in [1.82, 2.24) is 5.32 Å². The van der Waals surface area contributed by atoms with Crippen molar-refractivity contribution in [3.05, 3.63) is 0 Å². The topological polar surface area (TPSA) is 87.7 Å². The number of nitrogens with two attached hydrogens (primary N) is 1. The van der Waals surface area contributed by atoms with E-state index in [2.05, 4.69) is 10.2 Å². The smallest absolute Gasteiger partial charge is 0.0856 e. The minimum Gasteiger partial charge on any atom is -0.390 e. The summed E-state index contributed by atoms with van der Waals surface area (Å²) < 4.78 is 0. The number of aliphatic hydroxyl groups is 1. The fourth-order valence-electron chi connectivity index (χ4n) is 2.69. The molecule has 3 atom stereocenters. The quantitative estimate of drug-likeness (QED) is 0.261. The summed E-state index contributed by atoms with van der Waals surface area (Å²) in [4.78, 5) is 4.03. The first-order valence-electron chi connectivity index (χ1n) is 7.69. The Bertz CT molecular complexity index is 217. The van der Waals surface area contributed by atoms with E-state index in [1.165, 1.54) is 38.5 Å². The van der Waals surface area contributed by atoms with Crippen LogP contribution in [0.1, 0.15) is 57.8 Å². The molecule has 0 radical (unpaired) electrons. The molecule has 1 heterocycles. The van der Waals surface area contributed by atoms with Crippen LogP contribution in [0.2, 0.25) is 0 Å². The van der Waals surface area contributed by atoms with E-state index in [9.17, 15) is 5.11 Å². The van der Waals surface area contributed by atoms with Gasteiger partial charge in [0.25, 0.3) is 0 Å². The van der Waals surface area contributed by atoms with Crippen molar-refractivity contribution >= 4 is 0 Å². The van der Waals surface area contributed by atoms with Gasteiger partial charge in [-0.1, -0.05) is 44.9 Å². The third kappa shape index (κ3) is 7.22. The summed E-state index contributed by atoms with van der Waals surface area (Å²) >= 11 is 0. The lowest BCUT2D eigenvalue weighted by atomic mass is 10.0. The highest BCUT2D eigenvalue weighted by atomic mass is 17.1. The standard InChI is InChI=1S/C14H30N2O3/c15-12-11-16-13(14(12)17)9-7-5-3-1-2-4-6-8-10-19-18/h12-14,16-18H,1-11,15H2/t12-,13+,14-/m0/s1. The monoisotopic (exact) mass is 274 g/mol. The number of unbranched alkanes of at least 4 members (excludes halogenated alkanes) is 7. The van der Waals surface area contributed by atoms with E-state index in [-0.39, 0.29) is 18.2 Å². The molecular formula is C14H30N2O3. The normalized spacial score (nSPS) is 27.0. The molecule has 1 rings (SSSR count). The van der Waals surface area contributed by atoms with Crippen LogP contribution in [0.15, 0.2) is 0 Å². The molecule has 5 heteroatoms. The molecule has 114 valence electrons. The molecule has 1 aliphatic rings. The SMILES string of the molecule is N[C@H]1CN[C@H](CCCCCCCCCCOO)[C@H]1O. The van der Waals surface area contributed by atoms with Gasteiger partial charge in [-0.05, 0) is 12.8 Å². The van der Waals surface area contributed by atoms with Crippen molar-refractivity contribution in [2.45, 2.75) is 76.0 Å². The maximum Gasteiger partial charge on any atom is 0.0856 e. The second-order valence-corrected chi connectivity index (χ2v) is 5.62. The van der Waals surface area contributed by atoms with Gasteiger partial charge in [-0.2, -0.15) is 0 Å². The largest absolute Gasteiger partial charge is 0.390 e. The average molecular weight is 274 g/mol. The van der Waals surface area contributed by atoms with E-state index in [1.807, 2.05) is 0 Å². The predicted molar refractivity (Wildman–Crippen MR) is 75.9 cm³/mol. The summed E-state index contributed by atoms with van der Waals surface area (Å²) in [5, 5.41) is 21.2. The van der Waals surface area contributed by atoms with Gasteiger partial charge in [0.05, 0.1) is 12.7 Å². The molecule has 19 heavy (non-hydrogen) atoms. The molecular weight excluding hydrogens is 244 g/mol. The van der Waals surface area contributed by atoms with Gasteiger partial charge in [-0.3, -0.25) is 5.26 Å². The first-order chi connectivity index (χ1) is 9.25. The van der Waals surface area contributed by atoms with Gasteiger partial charge in [0.15, 0.2) is 0 Å². The van der Waals surface area contributed by atoms with Gasteiger partial charge in [-0.15, -0.1) is 0 Å². The molecule has 0 spiro atoms. The van der Waals surface area contributed by atoms with Crippen LogP contribution in [-0.4, -0.2) is 41.7 Å². The number of hydrogen-bond donors (Lipinski definition) is 4. The minimum absolute atomic E-state index is 0.0899. The van der Waals surface area contributed by atoms with Gasteiger partial charge < -0.3 is 16.2 Å². The summed E-state index contributed by atoms with van der Waals surface area (Å²) in [6.45, 7) is 1.20. The highest BCUT2D eigenvalue weighted by molar-refractivity contribution is 4.92. The van der Waals surface area contributed by atoms with Crippen molar-refractivity contribution < 1.29 is 15.3 Å². The van der Waals surface area contributed by atoms with Crippen LogP contribution < -0.4 is 11.1 Å². The Labute approximate surface area is 116 Å². The zero-order chi connectivity index (χ0) is 13.9. The summed E-state index contributed by atoms with van der Waals surface area (Å²) in [5.41, 5.74) is 5.75. The highest BCUT2D eigenvalue weighted by Gasteiger charge is 2.30. The lowest BCUT2D eigenvalue weighted by molar-refractivity contribution is -0.242. The van der Waals surface area contributed by atoms with Crippen molar-refractivity contribution in [2.75, 3.05) is 13.2 Å². The lowest BCUT2D eigenvalue weighted by Crippen LogP contribution is -2.37. The van der Waals surface area contributed by atoms with E-state index in [1.54, 1.807) is 0 Å². The molecule has 0 amide bonds. The molecule has 0 unspecified atom stereocenters. The van der Waals surface area contributed by atoms with Crippen LogP contribution in [0.5, 0.6) is 0 Å². The first-order valence-corrected chi connectivity index (χ1v) is 7.69. The minimum atomic E-state index is -0.367. The molecule has 1 fully saturated rings. The molecule has 5 nitrogen and oxygen atoms in total. The third-order valence-corrected chi connectivity index (χ3v) is 3.97. The van der Waals surface area contributed by atoms with Gasteiger partial charge in [0, 0.05) is 18.6 Å². The molecule has 0 aliphatic carbocycles. The maximum absolute atomic E-state index is 9.79. The van der Waals surface area contributed by atoms with E-state index in [0.717, 1.165) is 25.8 Å². The molecule has 0 aromatic carbocycles. The van der Waals surface area contributed by atoms with Crippen LogP contribution in [0.25, 0.3) is 0 Å². The van der Waals surface area contributed by atoms with E-state index in [0.29, 0.717) is 6.61 Å². The Hall–Kier alpha value is -0.200. The van der Waals surface area contributed by atoms with Gasteiger partial charge in [0.1, 0.15) is 0 Å². The molecule has 1 aliphatic heterocycles. The van der Waals surface area contributed by atoms with Crippen LogP contribution in [0.3, 0.4) is 0 Å². The molecule has 0 aromatic heterocycles. The van der Waals surface area contributed by atoms with Crippen LogP contribution >= 0.6 is 0 Å². The molecule has 0 aromatic rings. The Morgan fingerprint density at radius 1 is 1.00 bits per heavy atom. The van der Waals surface area contributed by atoms with Crippen LogP contribution in [0, 0.1) is 0 Å². The van der Waals surface area contributed by atoms with E-state index >= 15 is 0 Å². The third-order valence-electron chi connectivity index (χ3n) is 3.97. The predicted octanol–water partition coefficient (Wildman–Crippen LogP) is 1.65. The zero-order valence-corrected chi connectivity index (χ0v) is 11.9. The van der Waals surface area contributed by atoms with Crippen LogP contribution in [0.4, 0.5) is 0 Å². The zero-order valence-electron chi connectivity index (χ0n) is 11.9. The summed E-state index contributed by atoms with van der Waals surface area (Å²) in [5.74, 6) is 0. The highest BCUT2D eigenvalue weighted by Crippen LogP contribution is 2.15. The number of aliphatic hydroxyl groups excluding tert-OH is 1. The number of rotatable bonds is 11. The summed E-state index contributed by atoms with van der Waals surface area (Å²) in [7, 11) is 0. The van der Waals surface area contributed by atoms with Crippen molar-refractivity contribution in [2.24, 2.45) is 5.73 Å². The van der Waals surface area contributed by atoms with Crippen molar-refractivity contribution in [3.63, 3.8) is 0 Å². The number of hydrogen-bond acceptors (Lipinski definition) is 5. The molecule has 1 saturated heterocycles. The molecule has 5 N–H and O–H groups in total. The number of nitrogens with one attached hydrogen (secondary N) is 1. The van der Waals surface area contributed by atoms with E-state index < -0.39 is 0 Å². The van der Waals surface area contributed by atoms with Crippen molar-refractivity contribution in [3.8, 4) is 0 Å². The molecule has 0 saturated carbocycles. The van der Waals surface area contributed by atoms with Gasteiger partial charge >= 0.3 is 0 Å². The fourth-order valence-corrected chi connectivity index (χ4v) is 2.69. The Kier molecular flexibility index (Phi) is 9.38. The van der Waals surface area contributed by atoms with Crippen molar-refractivity contribution in [1.29, 1.82) is 0 Å². The second-order valence-electron chi connectivity index (χ2n) is 5.62. The molecule has 0 bridgehead atoms. The van der Waals surface area contributed by atoms with Gasteiger partial charge in [-0.25, -0.2) is 4.89 Å². The van der Waals surface area contributed by atoms with E-state index in [4.69, 9.17) is 11.0 Å². The first kappa shape index (κ1) is 16.9. The Balaban J connectivity index is 1.81. The Morgan fingerprint density at radius 2 is 1.58 bits per heavy atom. The fraction of sp³-hybridized carbons (Fsp3) is 1.00. The maximum atomic E-state index is 9.79. The van der Waals surface area contributed by atoms with Gasteiger partial charge in [0.2, 0.25) is 0 Å². The van der Waals surface area contributed by atoms with Crippen LogP contribution in [-0.2, 0) is 4.89 Å². The Morgan fingerprint density at radius 3 is 2.11 bits per heavy atom. The summed E-state index contributed by atoms with van der Waals surface area (Å²) in [6, 6.07) is 0.112. The summed E-state index contributed by atoms with van der Waals surface area (Å²) in [6.07, 6.45) is 10.2. The average Bonchev–Trinajstić information content (AvgIpc) is 2.73. The lowest BCUT2D eigenvalue weighted by Gasteiger charge is -2.16.